The number of hydrogen-bond donors (Lipinski definition) is 2. The highest BCUT2D eigenvalue weighted by atomic mass is 16.5. The van der Waals surface area contributed by atoms with Crippen molar-refractivity contribution in [3.63, 3.8) is 0 Å². The third-order valence-electron chi connectivity index (χ3n) is 3.35. The zero-order chi connectivity index (χ0) is 13.7. The monoisotopic (exact) mass is 262 g/mol. The van der Waals surface area contributed by atoms with Crippen LogP contribution in [0, 0.1) is 6.92 Å². The molecule has 2 rings (SSSR count). The van der Waals surface area contributed by atoms with Crippen LogP contribution in [0.4, 0.5) is 0 Å². The van der Waals surface area contributed by atoms with Crippen molar-refractivity contribution in [1.82, 2.24) is 10.6 Å². The molecule has 1 aromatic rings. The van der Waals surface area contributed by atoms with E-state index in [2.05, 4.69) is 29.7 Å². The molecule has 2 N–H and O–H groups in total. The van der Waals surface area contributed by atoms with Crippen molar-refractivity contribution in [2.45, 2.75) is 32.4 Å². The van der Waals surface area contributed by atoms with Crippen LogP contribution in [0.3, 0.4) is 0 Å². The van der Waals surface area contributed by atoms with Gasteiger partial charge in [-0.25, -0.2) is 0 Å². The minimum atomic E-state index is 0.0388. The normalized spacial score (nSPS) is 20.8. The molecular weight excluding hydrogens is 240 g/mol. The number of ether oxygens (including phenoxy) is 1. The molecule has 0 aromatic heterocycles. The second-order valence-electron chi connectivity index (χ2n) is 5.13. The lowest BCUT2D eigenvalue weighted by Gasteiger charge is -2.24. The van der Waals surface area contributed by atoms with Crippen LogP contribution in [0.15, 0.2) is 24.3 Å². The molecule has 1 saturated heterocycles. The molecule has 0 saturated carbocycles. The predicted octanol–water partition coefficient (Wildman–Crippen LogP) is 1.55. The molecule has 1 aliphatic heterocycles. The van der Waals surface area contributed by atoms with E-state index < -0.39 is 0 Å². The fraction of sp³-hybridized carbons (Fsp3) is 0.533. The van der Waals surface area contributed by atoms with Gasteiger partial charge in [-0.15, -0.1) is 0 Å². The Balaban J connectivity index is 1.84. The smallest absolute Gasteiger partial charge is 0.222 e. The van der Waals surface area contributed by atoms with Crippen LogP contribution in [0.2, 0.25) is 0 Å². The van der Waals surface area contributed by atoms with Crippen LogP contribution in [0.1, 0.15) is 30.5 Å². The van der Waals surface area contributed by atoms with Crippen LogP contribution < -0.4 is 10.6 Å². The first kappa shape index (κ1) is 14.0. The average molecular weight is 262 g/mol. The molecule has 19 heavy (non-hydrogen) atoms. The van der Waals surface area contributed by atoms with Gasteiger partial charge < -0.3 is 15.4 Å². The lowest BCUT2D eigenvalue weighted by molar-refractivity contribution is -0.122. The van der Waals surface area contributed by atoms with Gasteiger partial charge in [-0.05, 0) is 19.4 Å². The van der Waals surface area contributed by atoms with Crippen LogP contribution in [0.25, 0.3) is 0 Å². The second kappa shape index (κ2) is 6.68. The third kappa shape index (κ3) is 4.33. The Hall–Kier alpha value is -1.39. The molecular formula is C15H22N2O2. The van der Waals surface area contributed by atoms with E-state index in [1.165, 1.54) is 5.56 Å². The van der Waals surface area contributed by atoms with Gasteiger partial charge in [0.25, 0.3) is 0 Å². The van der Waals surface area contributed by atoms with E-state index in [4.69, 9.17) is 4.74 Å². The Kier molecular flexibility index (Phi) is 4.93. The van der Waals surface area contributed by atoms with Gasteiger partial charge in [0.05, 0.1) is 19.3 Å². The van der Waals surface area contributed by atoms with Gasteiger partial charge in [0, 0.05) is 19.0 Å². The Labute approximate surface area is 114 Å². The summed E-state index contributed by atoms with van der Waals surface area (Å²) < 4.78 is 5.35. The number of benzene rings is 1. The van der Waals surface area contributed by atoms with E-state index in [1.807, 2.05) is 19.1 Å². The zero-order valence-corrected chi connectivity index (χ0v) is 11.6. The molecule has 1 aromatic carbocycles. The highest BCUT2D eigenvalue weighted by molar-refractivity contribution is 5.77. The quantitative estimate of drug-likeness (QED) is 0.865. The van der Waals surface area contributed by atoms with Crippen molar-refractivity contribution in [3.8, 4) is 0 Å². The topological polar surface area (TPSA) is 50.4 Å². The number of nitrogens with one attached hydrogen (secondary N) is 2. The predicted molar refractivity (Wildman–Crippen MR) is 75.0 cm³/mol. The van der Waals surface area contributed by atoms with E-state index in [1.54, 1.807) is 0 Å². The molecule has 4 heteroatoms. The molecule has 1 unspecified atom stereocenters. The molecule has 2 atom stereocenters. The van der Waals surface area contributed by atoms with E-state index in [-0.39, 0.29) is 18.0 Å². The van der Waals surface area contributed by atoms with E-state index in [9.17, 15) is 4.79 Å². The summed E-state index contributed by atoms with van der Waals surface area (Å²) in [5.41, 5.74) is 2.35. The summed E-state index contributed by atoms with van der Waals surface area (Å²) in [5, 5.41) is 6.32. The molecule has 1 heterocycles. The van der Waals surface area contributed by atoms with Crippen molar-refractivity contribution in [2.75, 3.05) is 19.8 Å². The Morgan fingerprint density at radius 2 is 2.42 bits per heavy atom. The Morgan fingerprint density at radius 1 is 1.58 bits per heavy atom. The fourth-order valence-electron chi connectivity index (χ4n) is 2.30. The average Bonchev–Trinajstić information content (AvgIpc) is 2.39. The lowest BCUT2D eigenvalue weighted by atomic mass is 10.1. The molecule has 0 aliphatic carbocycles. The third-order valence-corrected chi connectivity index (χ3v) is 3.35. The minimum Gasteiger partial charge on any atom is -0.378 e. The number of morpholine rings is 1. The van der Waals surface area contributed by atoms with Crippen LogP contribution in [-0.2, 0) is 9.53 Å². The number of carbonyl (C=O) groups excluding carboxylic acids is 1. The first-order valence-electron chi connectivity index (χ1n) is 6.82. The fourth-order valence-corrected chi connectivity index (χ4v) is 2.30. The SMILES string of the molecule is Cc1cccc([C@@H](C)NC(=O)CC2COCCN2)c1. The van der Waals surface area contributed by atoms with Gasteiger partial charge in [0.15, 0.2) is 0 Å². The van der Waals surface area contributed by atoms with Gasteiger partial charge in [0.2, 0.25) is 5.91 Å². The summed E-state index contributed by atoms with van der Waals surface area (Å²) in [6.07, 6.45) is 0.468. The Bertz CT molecular complexity index is 428. The highest BCUT2D eigenvalue weighted by Gasteiger charge is 2.18. The molecule has 0 radical (unpaired) electrons. The molecule has 1 fully saturated rings. The van der Waals surface area contributed by atoms with Crippen LogP contribution in [0.5, 0.6) is 0 Å². The first-order chi connectivity index (χ1) is 9.15. The number of carbonyl (C=O) groups is 1. The number of aryl methyl sites for hydroxylation is 1. The summed E-state index contributed by atoms with van der Waals surface area (Å²) in [5.74, 6) is 0.0667. The molecule has 1 aliphatic rings. The number of amides is 1. The molecule has 1 amide bonds. The van der Waals surface area contributed by atoms with E-state index in [0.717, 1.165) is 18.7 Å². The first-order valence-corrected chi connectivity index (χ1v) is 6.82. The van der Waals surface area contributed by atoms with Crippen molar-refractivity contribution in [2.24, 2.45) is 0 Å². The second-order valence-corrected chi connectivity index (χ2v) is 5.13. The summed E-state index contributed by atoms with van der Waals surface area (Å²) in [4.78, 5) is 12.0. The van der Waals surface area contributed by atoms with Crippen molar-refractivity contribution in [1.29, 1.82) is 0 Å². The van der Waals surface area contributed by atoms with Crippen LogP contribution in [-0.4, -0.2) is 31.7 Å². The number of hydrogen-bond acceptors (Lipinski definition) is 3. The molecule has 4 nitrogen and oxygen atoms in total. The summed E-state index contributed by atoms with van der Waals surface area (Å²) in [6, 6.07) is 8.40. The van der Waals surface area contributed by atoms with E-state index >= 15 is 0 Å². The van der Waals surface area contributed by atoms with Gasteiger partial charge in [0.1, 0.15) is 0 Å². The molecule has 0 spiro atoms. The van der Waals surface area contributed by atoms with Gasteiger partial charge >= 0.3 is 0 Å². The standard InChI is InChI=1S/C15H22N2O2/c1-11-4-3-5-13(8-11)12(2)17-15(18)9-14-10-19-7-6-16-14/h3-5,8,12,14,16H,6-7,9-10H2,1-2H3,(H,17,18)/t12-,14?/m1/s1. The van der Waals surface area contributed by atoms with Gasteiger partial charge in [-0.1, -0.05) is 29.8 Å². The minimum absolute atomic E-state index is 0.0388. The maximum Gasteiger partial charge on any atom is 0.222 e. The molecule has 104 valence electrons. The Morgan fingerprint density at radius 3 is 3.11 bits per heavy atom. The van der Waals surface area contributed by atoms with Gasteiger partial charge in [-0.2, -0.15) is 0 Å². The largest absolute Gasteiger partial charge is 0.378 e. The summed E-state index contributed by atoms with van der Waals surface area (Å²) in [7, 11) is 0. The zero-order valence-electron chi connectivity index (χ0n) is 11.6. The molecule has 0 bridgehead atoms. The van der Waals surface area contributed by atoms with Crippen molar-refractivity contribution >= 4 is 5.91 Å². The highest BCUT2D eigenvalue weighted by Crippen LogP contribution is 2.14. The van der Waals surface area contributed by atoms with Crippen molar-refractivity contribution < 1.29 is 9.53 Å². The van der Waals surface area contributed by atoms with Crippen molar-refractivity contribution in [3.05, 3.63) is 35.4 Å². The summed E-state index contributed by atoms with van der Waals surface area (Å²) >= 11 is 0. The lowest BCUT2D eigenvalue weighted by Crippen LogP contribution is -2.44. The van der Waals surface area contributed by atoms with Gasteiger partial charge in [-0.3, -0.25) is 4.79 Å². The van der Waals surface area contributed by atoms with E-state index in [0.29, 0.717) is 13.0 Å². The number of rotatable bonds is 4. The maximum absolute atomic E-state index is 12.0. The van der Waals surface area contributed by atoms with Crippen LogP contribution >= 0.6 is 0 Å². The summed E-state index contributed by atoms with van der Waals surface area (Å²) in [6.45, 7) is 6.24. The maximum atomic E-state index is 12.0.